The van der Waals surface area contributed by atoms with Crippen LogP contribution in [0.2, 0.25) is 0 Å². The lowest BCUT2D eigenvalue weighted by molar-refractivity contribution is -0.136. The summed E-state index contributed by atoms with van der Waals surface area (Å²) in [6, 6.07) is 0. The van der Waals surface area contributed by atoms with Crippen molar-refractivity contribution < 1.29 is 18.3 Å². The second-order valence-electron chi connectivity index (χ2n) is 2.44. The van der Waals surface area contributed by atoms with Crippen LogP contribution in [0.4, 0.5) is 0 Å². The normalized spacial score (nSPS) is 14.2. The van der Waals surface area contributed by atoms with E-state index in [1.54, 1.807) is 0 Å². The number of aliphatic carboxylic acids is 1. The number of unbranched alkanes of at least 4 members (excludes halogenated alkanes) is 1. The van der Waals surface area contributed by atoms with Crippen molar-refractivity contribution >= 4 is 25.7 Å². The number of carboxylic acids is 1. The summed E-state index contributed by atoms with van der Waals surface area (Å²) in [7, 11) is 0.958. The Morgan fingerprint density at radius 2 is 2.08 bits per heavy atom. The Labute approximate surface area is 76.0 Å². The molecule has 0 aromatic rings. The third-order valence-corrected chi connectivity index (χ3v) is 3.20. The molecular formula is C6H11ClO4S. The summed E-state index contributed by atoms with van der Waals surface area (Å²) in [5.74, 6) is -1.38. The fourth-order valence-electron chi connectivity index (χ4n) is 0.774. The summed E-state index contributed by atoms with van der Waals surface area (Å²) in [5, 5.41) is 7.01. The molecule has 1 N–H and O–H groups in total. The number of carboxylic acid groups (broad SMARTS) is 1. The number of rotatable bonds is 5. The van der Waals surface area contributed by atoms with Gasteiger partial charge in [-0.3, -0.25) is 4.79 Å². The molecule has 0 amide bonds. The van der Waals surface area contributed by atoms with Crippen molar-refractivity contribution in [1.82, 2.24) is 0 Å². The minimum Gasteiger partial charge on any atom is -0.480 e. The molecule has 0 aliphatic rings. The van der Waals surface area contributed by atoms with Gasteiger partial charge >= 0.3 is 5.97 Å². The van der Waals surface area contributed by atoms with E-state index in [-0.39, 0.29) is 6.42 Å². The van der Waals surface area contributed by atoms with Gasteiger partial charge in [-0.25, -0.2) is 8.42 Å². The summed E-state index contributed by atoms with van der Waals surface area (Å²) in [6.07, 6.45) is 1.37. The van der Waals surface area contributed by atoms with Crippen LogP contribution in [0.25, 0.3) is 0 Å². The van der Waals surface area contributed by atoms with Gasteiger partial charge in [-0.1, -0.05) is 19.8 Å². The Balaban J connectivity index is 4.36. The highest BCUT2D eigenvalue weighted by Gasteiger charge is 2.29. The van der Waals surface area contributed by atoms with Crippen LogP contribution in [0, 0.1) is 0 Å². The fraction of sp³-hybridized carbons (Fsp3) is 0.833. The van der Waals surface area contributed by atoms with E-state index in [0.29, 0.717) is 6.42 Å². The maximum Gasteiger partial charge on any atom is 0.323 e. The van der Waals surface area contributed by atoms with E-state index in [2.05, 4.69) is 0 Å². The average Bonchev–Trinajstić information content (AvgIpc) is 1.84. The Bertz CT molecular complexity index is 246. The minimum absolute atomic E-state index is 0.0810. The summed E-state index contributed by atoms with van der Waals surface area (Å²) in [4.78, 5) is 10.4. The molecule has 0 aliphatic heterocycles. The maximum atomic E-state index is 10.7. The van der Waals surface area contributed by atoms with Crippen molar-refractivity contribution in [2.45, 2.75) is 31.4 Å². The van der Waals surface area contributed by atoms with E-state index in [1.807, 2.05) is 6.92 Å². The van der Waals surface area contributed by atoms with Gasteiger partial charge in [-0.15, -0.1) is 0 Å². The van der Waals surface area contributed by atoms with Crippen LogP contribution in [-0.2, 0) is 13.8 Å². The molecule has 0 rings (SSSR count). The molecule has 0 aromatic heterocycles. The number of hydrogen-bond acceptors (Lipinski definition) is 3. The topological polar surface area (TPSA) is 71.4 Å². The average molecular weight is 215 g/mol. The number of halogens is 1. The number of hydrogen-bond donors (Lipinski definition) is 1. The maximum absolute atomic E-state index is 10.7. The van der Waals surface area contributed by atoms with Crippen LogP contribution in [0.5, 0.6) is 0 Å². The fourth-order valence-corrected chi connectivity index (χ4v) is 1.96. The molecule has 6 heteroatoms. The van der Waals surface area contributed by atoms with Gasteiger partial charge < -0.3 is 5.11 Å². The first kappa shape index (κ1) is 11.7. The van der Waals surface area contributed by atoms with Gasteiger partial charge in [-0.2, -0.15) is 0 Å². The van der Waals surface area contributed by atoms with Crippen molar-refractivity contribution in [1.29, 1.82) is 0 Å². The zero-order chi connectivity index (χ0) is 9.78. The van der Waals surface area contributed by atoms with E-state index in [4.69, 9.17) is 15.8 Å². The highest BCUT2D eigenvalue weighted by atomic mass is 35.7. The van der Waals surface area contributed by atoms with Crippen molar-refractivity contribution in [3.63, 3.8) is 0 Å². The van der Waals surface area contributed by atoms with Crippen LogP contribution in [0.3, 0.4) is 0 Å². The SMILES string of the molecule is CCCCC(C(=O)O)S(=O)(=O)Cl. The summed E-state index contributed by atoms with van der Waals surface area (Å²) < 4.78 is 21.3. The van der Waals surface area contributed by atoms with Crippen molar-refractivity contribution in [3.05, 3.63) is 0 Å². The molecule has 12 heavy (non-hydrogen) atoms. The van der Waals surface area contributed by atoms with Gasteiger partial charge in [0.25, 0.3) is 0 Å². The van der Waals surface area contributed by atoms with Crippen molar-refractivity contribution in [3.8, 4) is 0 Å². The Morgan fingerprint density at radius 1 is 1.58 bits per heavy atom. The smallest absolute Gasteiger partial charge is 0.323 e. The lowest BCUT2D eigenvalue weighted by atomic mass is 10.2. The van der Waals surface area contributed by atoms with Gasteiger partial charge in [0.15, 0.2) is 5.25 Å². The highest BCUT2D eigenvalue weighted by molar-refractivity contribution is 8.14. The lowest BCUT2D eigenvalue weighted by Gasteiger charge is -2.06. The predicted molar refractivity (Wildman–Crippen MR) is 45.7 cm³/mol. The first-order valence-electron chi connectivity index (χ1n) is 3.56. The second-order valence-corrected chi connectivity index (χ2v) is 5.26. The van der Waals surface area contributed by atoms with Crippen LogP contribution >= 0.6 is 10.7 Å². The highest BCUT2D eigenvalue weighted by Crippen LogP contribution is 2.14. The first-order chi connectivity index (χ1) is 5.39. The molecule has 0 fully saturated rings. The van der Waals surface area contributed by atoms with E-state index in [0.717, 1.165) is 6.42 Å². The standard InChI is InChI=1S/C6H11ClO4S/c1-2-3-4-5(6(8)9)12(7,10)11/h5H,2-4H2,1H3,(H,8,9). The third-order valence-electron chi connectivity index (χ3n) is 1.44. The molecule has 0 aliphatic carbocycles. The molecule has 1 unspecified atom stereocenters. The van der Waals surface area contributed by atoms with E-state index in [1.165, 1.54) is 0 Å². The van der Waals surface area contributed by atoms with Gasteiger partial charge in [0.2, 0.25) is 9.05 Å². The molecule has 0 bridgehead atoms. The predicted octanol–water partition coefficient (Wildman–Crippen LogP) is 1.20. The Hall–Kier alpha value is -0.290. The van der Waals surface area contributed by atoms with Crippen molar-refractivity contribution in [2.75, 3.05) is 0 Å². The van der Waals surface area contributed by atoms with Crippen LogP contribution in [0.1, 0.15) is 26.2 Å². The van der Waals surface area contributed by atoms with Gasteiger partial charge in [-0.05, 0) is 6.42 Å². The first-order valence-corrected chi connectivity index (χ1v) is 5.93. The number of carbonyl (C=O) groups is 1. The molecule has 0 saturated heterocycles. The van der Waals surface area contributed by atoms with E-state index in [9.17, 15) is 13.2 Å². The van der Waals surface area contributed by atoms with Crippen LogP contribution in [0.15, 0.2) is 0 Å². The molecule has 0 radical (unpaired) electrons. The van der Waals surface area contributed by atoms with E-state index >= 15 is 0 Å². The monoisotopic (exact) mass is 214 g/mol. The van der Waals surface area contributed by atoms with Crippen LogP contribution < -0.4 is 0 Å². The van der Waals surface area contributed by atoms with E-state index < -0.39 is 20.3 Å². The van der Waals surface area contributed by atoms with Crippen molar-refractivity contribution in [2.24, 2.45) is 0 Å². The molecule has 0 saturated carbocycles. The summed E-state index contributed by atoms with van der Waals surface area (Å²) in [6.45, 7) is 1.85. The quantitative estimate of drug-likeness (QED) is 0.698. The molecule has 0 spiro atoms. The van der Waals surface area contributed by atoms with Gasteiger partial charge in [0.05, 0.1) is 0 Å². The minimum atomic E-state index is -3.96. The zero-order valence-electron chi connectivity index (χ0n) is 6.66. The second kappa shape index (κ2) is 4.67. The van der Waals surface area contributed by atoms with Crippen LogP contribution in [-0.4, -0.2) is 24.7 Å². The largest absolute Gasteiger partial charge is 0.480 e. The third kappa shape index (κ3) is 3.92. The molecular weight excluding hydrogens is 204 g/mol. The van der Waals surface area contributed by atoms with Gasteiger partial charge in [0.1, 0.15) is 0 Å². The Kier molecular flexibility index (Phi) is 4.55. The van der Waals surface area contributed by atoms with Gasteiger partial charge in [0, 0.05) is 10.7 Å². The lowest BCUT2D eigenvalue weighted by Crippen LogP contribution is -2.26. The molecule has 72 valence electrons. The summed E-state index contributed by atoms with van der Waals surface area (Å²) in [5.41, 5.74) is 0. The zero-order valence-corrected chi connectivity index (χ0v) is 8.23. The molecule has 4 nitrogen and oxygen atoms in total. The molecule has 0 heterocycles. The molecule has 1 atom stereocenters. The molecule has 0 aromatic carbocycles. The Morgan fingerprint density at radius 3 is 2.33 bits per heavy atom. The summed E-state index contributed by atoms with van der Waals surface area (Å²) >= 11 is 0.